The predicted octanol–water partition coefficient (Wildman–Crippen LogP) is 4.65. The number of rotatable bonds is 5. The van der Waals surface area contributed by atoms with Gasteiger partial charge in [0.2, 0.25) is 0 Å². The van der Waals surface area contributed by atoms with Crippen LogP contribution in [-0.4, -0.2) is 15.4 Å². The molecule has 0 spiro atoms. The molecule has 0 unspecified atom stereocenters. The lowest BCUT2D eigenvalue weighted by molar-refractivity contribution is 0.240. The molecule has 2 heterocycles. The molecular weight excluding hydrogens is 394 g/mol. The number of carbonyl (C=O) groups is 1. The van der Waals surface area contributed by atoms with Gasteiger partial charge in [-0.2, -0.15) is 0 Å². The molecule has 4 rings (SSSR count). The molecule has 0 saturated carbocycles. The van der Waals surface area contributed by atoms with Gasteiger partial charge in [0.1, 0.15) is 11.6 Å². The summed E-state index contributed by atoms with van der Waals surface area (Å²) in [6.07, 6.45) is 1.91. The molecule has 0 aliphatic rings. The second kappa shape index (κ2) is 8.00. The molecule has 5 nitrogen and oxygen atoms in total. The number of hydrogen-bond acceptors (Lipinski definition) is 3. The molecule has 0 saturated heterocycles. The van der Waals surface area contributed by atoms with E-state index in [1.807, 2.05) is 17.5 Å². The van der Waals surface area contributed by atoms with Crippen molar-refractivity contribution in [1.29, 1.82) is 0 Å². The van der Waals surface area contributed by atoms with Crippen LogP contribution < -0.4 is 10.6 Å². The van der Waals surface area contributed by atoms with Crippen LogP contribution in [0.2, 0.25) is 0 Å². The first-order chi connectivity index (χ1) is 14.0. The molecule has 2 amide bonds. The molecule has 2 N–H and O–H groups in total. The Bertz CT molecular complexity index is 1150. The summed E-state index contributed by atoms with van der Waals surface area (Å²) >= 11 is 1.49. The van der Waals surface area contributed by atoms with Crippen molar-refractivity contribution in [2.24, 2.45) is 0 Å². The lowest BCUT2D eigenvalue weighted by atomic mass is 10.2. The first-order valence-corrected chi connectivity index (χ1v) is 9.81. The Morgan fingerprint density at radius 3 is 2.28 bits per heavy atom. The number of aromatic nitrogens is 2. The normalized spacial score (nSPS) is 11.0. The van der Waals surface area contributed by atoms with E-state index >= 15 is 0 Å². The minimum Gasteiger partial charge on any atom is -0.334 e. The van der Waals surface area contributed by atoms with E-state index in [-0.39, 0.29) is 17.7 Å². The van der Waals surface area contributed by atoms with E-state index in [2.05, 4.69) is 15.6 Å². The van der Waals surface area contributed by atoms with E-state index in [1.54, 1.807) is 24.3 Å². The van der Waals surface area contributed by atoms with Gasteiger partial charge in [-0.15, -0.1) is 0 Å². The Morgan fingerprint density at radius 1 is 1.00 bits per heavy atom. The van der Waals surface area contributed by atoms with Crippen molar-refractivity contribution < 1.29 is 13.6 Å². The molecule has 29 heavy (non-hydrogen) atoms. The molecule has 148 valence electrons. The Balaban J connectivity index is 1.38. The van der Waals surface area contributed by atoms with Gasteiger partial charge in [0.15, 0.2) is 4.96 Å². The molecule has 2 aromatic heterocycles. The van der Waals surface area contributed by atoms with Crippen molar-refractivity contribution >= 4 is 22.3 Å². The highest BCUT2D eigenvalue weighted by molar-refractivity contribution is 7.17. The number of amides is 2. The summed E-state index contributed by atoms with van der Waals surface area (Å²) in [7, 11) is 0. The fourth-order valence-corrected chi connectivity index (χ4v) is 3.97. The molecule has 0 radical (unpaired) electrons. The monoisotopic (exact) mass is 412 g/mol. The minimum atomic E-state index is -0.307. The highest BCUT2D eigenvalue weighted by atomic mass is 32.1. The minimum absolute atomic E-state index is 0.281. The van der Waals surface area contributed by atoms with Gasteiger partial charge in [-0.05, 0) is 48.9 Å². The summed E-state index contributed by atoms with van der Waals surface area (Å²) in [4.78, 5) is 18.5. The quantitative estimate of drug-likeness (QED) is 0.501. The second-order valence-corrected chi connectivity index (χ2v) is 7.62. The maximum atomic E-state index is 13.1. The summed E-state index contributed by atoms with van der Waals surface area (Å²) in [6.45, 7) is 2.66. The van der Waals surface area contributed by atoms with Crippen LogP contribution in [0.15, 0.2) is 54.7 Å². The van der Waals surface area contributed by atoms with Crippen molar-refractivity contribution in [3.05, 3.63) is 82.5 Å². The van der Waals surface area contributed by atoms with Crippen LogP contribution in [-0.2, 0) is 13.1 Å². The Kier molecular flexibility index (Phi) is 5.26. The number of halogens is 2. The van der Waals surface area contributed by atoms with Crippen molar-refractivity contribution in [2.45, 2.75) is 20.0 Å². The van der Waals surface area contributed by atoms with Gasteiger partial charge in [0.25, 0.3) is 0 Å². The fourth-order valence-electron chi connectivity index (χ4n) is 2.93. The van der Waals surface area contributed by atoms with E-state index in [9.17, 15) is 13.6 Å². The number of carbonyl (C=O) groups excluding carboxylic acids is 1. The van der Waals surface area contributed by atoms with Crippen molar-refractivity contribution in [3.63, 3.8) is 0 Å². The van der Waals surface area contributed by atoms with Gasteiger partial charge in [0.05, 0.1) is 12.2 Å². The number of imidazole rings is 1. The maximum Gasteiger partial charge on any atom is 0.315 e. The topological polar surface area (TPSA) is 58.4 Å². The number of thiazole rings is 1. The van der Waals surface area contributed by atoms with Crippen LogP contribution in [0.25, 0.3) is 16.2 Å². The van der Waals surface area contributed by atoms with E-state index in [4.69, 9.17) is 0 Å². The third-order valence-corrected chi connectivity index (χ3v) is 5.73. The predicted molar refractivity (Wildman–Crippen MR) is 109 cm³/mol. The van der Waals surface area contributed by atoms with Gasteiger partial charge < -0.3 is 10.6 Å². The van der Waals surface area contributed by atoms with Gasteiger partial charge in [0, 0.05) is 28.9 Å². The molecule has 0 bridgehead atoms. The van der Waals surface area contributed by atoms with Crippen LogP contribution in [0.5, 0.6) is 0 Å². The van der Waals surface area contributed by atoms with Crippen LogP contribution in [0.1, 0.15) is 16.1 Å². The highest BCUT2D eigenvalue weighted by Gasteiger charge is 2.13. The number of aryl methyl sites for hydroxylation is 1. The number of nitrogens with zero attached hydrogens (tertiary/aromatic N) is 2. The molecule has 0 atom stereocenters. The van der Waals surface area contributed by atoms with Gasteiger partial charge >= 0.3 is 6.03 Å². The highest BCUT2D eigenvalue weighted by Crippen LogP contribution is 2.27. The fraction of sp³-hybridized carbons (Fsp3) is 0.143. The van der Waals surface area contributed by atoms with Crippen LogP contribution in [0.3, 0.4) is 0 Å². The van der Waals surface area contributed by atoms with E-state index in [1.165, 1.54) is 35.6 Å². The third-order valence-electron chi connectivity index (χ3n) is 4.57. The standard InChI is InChI=1S/C21H18F2N4OS/c1-13-19(11-25-20(28)24-10-14-2-6-16(22)7-3-14)29-21-26-18(12-27(13)21)15-4-8-17(23)9-5-15/h2-9,12H,10-11H2,1H3,(H2,24,25,28). The smallest absolute Gasteiger partial charge is 0.315 e. The number of hydrogen-bond donors (Lipinski definition) is 2. The zero-order chi connectivity index (χ0) is 20.4. The zero-order valence-electron chi connectivity index (χ0n) is 15.6. The molecule has 0 aliphatic carbocycles. The van der Waals surface area contributed by atoms with Crippen molar-refractivity contribution in [2.75, 3.05) is 0 Å². The first-order valence-electron chi connectivity index (χ1n) is 8.99. The average molecular weight is 412 g/mol. The van der Waals surface area contributed by atoms with Crippen LogP contribution in [0.4, 0.5) is 13.6 Å². The molecule has 0 aliphatic heterocycles. The summed E-state index contributed by atoms with van der Waals surface area (Å²) in [5.41, 5.74) is 3.43. The average Bonchev–Trinajstić information content (AvgIpc) is 3.26. The summed E-state index contributed by atoms with van der Waals surface area (Å²) in [5, 5.41) is 5.58. The molecule has 4 aromatic rings. The second-order valence-electron chi connectivity index (χ2n) is 6.56. The summed E-state index contributed by atoms with van der Waals surface area (Å²) in [6, 6.07) is 11.9. The van der Waals surface area contributed by atoms with Crippen molar-refractivity contribution in [3.8, 4) is 11.3 Å². The number of fused-ring (bicyclic) bond motifs is 1. The van der Waals surface area contributed by atoms with Crippen LogP contribution >= 0.6 is 11.3 Å². The Labute approximate surface area is 170 Å². The van der Waals surface area contributed by atoms with E-state index in [0.717, 1.165) is 32.4 Å². The number of benzene rings is 2. The molecule has 2 aromatic carbocycles. The van der Waals surface area contributed by atoms with Crippen LogP contribution in [0, 0.1) is 18.6 Å². The maximum absolute atomic E-state index is 13.1. The zero-order valence-corrected chi connectivity index (χ0v) is 16.4. The van der Waals surface area contributed by atoms with Gasteiger partial charge in [-0.25, -0.2) is 18.6 Å². The first kappa shape index (κ1) is 19.1. The lowest BCUT2D eigenvalue weighted by Crippen LogP contribution is -2.34. The molecule has 0 fully saturated rings. The Hall–Kier alpha value is -3.26. The Morgan fingerprint density at radius 2 is 1.62 bits per heavy atom. The SMILES string of the molecule is Cc1c(CNC(=O)NCc2ccc(F)cc2)sc2nc(-c3ccc(F)cc3)cn12. The number of nitrogens with one attached hydrogen (secondary N) is 2. The van der Waals surface area contributed by atoms with Crippen molar-refractivity contribution in [1.82, 2.24) is 20.0 Å². The van der Waals surface area contributed by atoms with Gasteiger partial charge in [-0.3, -0.25) is 4.40 Å². The molecule has 8 heteroatoms. The largest absolute Gasteiger partial charge is 0.334 e. The lowest BCUT2D eigenvalue weighted by Gasteiger charge is -2.07. The van der Waals surface area contributed by atoms with E-state index < -0.39 is 0 Å². The molecular formula is C21H18F2N4OS. The summed E-state index contributed by atoms with van der Waals surface area (Å²) < 4.78 is 28.0. The van der Waals surface area contributed by atoms with E-state index in [0.29, 0.717) is 13.1 Å². The number of urea groups is 1. The third kappa shape index (κ3) is 4.27. The van der Waals surface area contributed by atoms with Gasteiger partial charge in [-0.1, -0.05) is 23.5 Å². The summed E-state index contributed by atoms with van der Waals surface area (Å²) in [5.74, 6) is -0.587.